The number of carboxylic acid groups (broad SMARTS) is 1. The minimum Gasteiger partial charge on any atom is -0.546 e. The Balaban J connectivity index is 1.94. The summed E-state index contributed by atoms with van der Waals surface area (Å²) in [4.78, 5) is 23.4. The highest BCUT2D eigenvalue weighted by molar-refractivity contribution is 5.69. The molecule has 0 saturated heterocycles. The molecule has 0 aliphatic rings. The molecule has 0 aliphatic carbocycles. The highest BCUT2D eigenvalue weighted by atomic mass is 16.5. The fourth-order valence-electron chi connectivity index (χ4n) is 2.46. The first kappa shape index (κ1) is 17.3. The maximum Gasteiger partial charge on any atom is 0.279 e. The largest absolute Gasteiger partial charge is 0.546 e. The first-order valence-electron chi connectivity index (χ1n) is 8.00. The van der Waals surface area contributed by atoms with Crippen LogP contribution in [0.4, 0.5) is 0 Å². The van der Waals surface area contributed by atoms with Gasteiger partial charge in [0.1, 0.15) is 11.9 Å². The zero-order chi connectivity index (χ0) is 18.7. The number of rotatable bonds is 5. The summed E-state index contributed by atoms with van der Waals surface area (Å²) in [5.74, 6) is -0.874. The third kappa shape index (κ3) is 3.59. The maximum atomic E-state index is 12.6. The van der Waals surface area contributed by atoms with Crippen LogP contribution in [0.15, 0.2) is 59.4 Å². The molecule has 1 aromatic heterocycles. The quantitative estimate of drug-likeness (QED) is 0.698. The van der Waals surface area contributed by atoms with Crippen LogP contribution >= 0.6 is 0 Å². The molecule has 2 aromatic carbocycles. The number of aliphatic carboxylic acids is 1. The topological polar surface area (TPSA) is 87.2 Å². The molecule has 0 fully saturated rings. The van der Waals surface area contributed by atoms with Crippen LogP contribution in [0.5, 0.6) is 5.75 Å². The number of aromatic amines is 1. The molecular formula is C20H17N2O4-. The number of aromatic nitrogens is 2. The first-order chi connectivity index (χ1) is 12.5. The summed E-state index contributed by atoms with van der Waals surface area (Å²) in [6.07, 6.45) is 0.672. The van der Waals surface area contributed by atoms with Gasteiger partial charge < -0.3 is 14.6 Å². The van der Waals surface area contributed by atoms with Crippen LogP contribution in [-0.4, -0.2) is 21.9 Å². The van der Waals surface area contributed by atoms with E-state index in [0.29, 0.717) is 16.3 Å². The summed E-state index contributed by atoms with van der Waals surface area (Å²) in [5.41, 5.74) is 1.29. The minimum absolute atomic E-state index is 0.202. The van der Waals surface area contributed by atoms with E-state index < -0.39 is 12.1 Å². The van der Waals surface area contributed by atoms with Crippen LogP contribution < -0.4 is 26.0 Å². The number of H-pyrrole nitrogens is 1. The summed E-state index contributed by atoms with van der Waals surface area (Å²) < 4.78 is 6.67. The fraction of sp³-hybridized carbons (Fsp3) is 0.100. The molecule has 0 saturated carbocycles. The van der Waals surface area contributed by atoms with E-state index in [1.54, 1.807) is 30.3 Å². The van der Waals surface area contributed by atoms with Crippen molar-refractivity contribution < 1.29 is 14.6 Å². The Kier molecular flexibility index (Phi) is 4.75. The molecule has 132 valence electrons. The molecule has 0 radical (unpaired) electrons. The Labute approximate surface area is 149 Å². The Morgan fingerprint density at radius 1 is 1.19 bits per heavy atom. The van der Waals surface area contributed by atoms with E-state index in [1.807, 2.05) is 30.3 Å². The molecule has 0 aliphatic heterocycles. The number of carboxylic acids is 1. The van der Waals surface area contributed by atoms with Crippen molar-refractivity contribution in [3.8, 4) is 11.4 Å². The van der Waals surface area contributed by atoms with Gasteiger partial charge in [0.25, 0.3) is 5.56 Å². The zero-order valence-corrected chi connectivity index (χ0v) is 14.1. The number of hydrogen-bond donors (Lipinski definition) is 1. The number of nitrogens with one attached hydrogen (secondary N) is 1. The lowest BCUT2D eigenvalue weighted by Gasteiger charge is -2.15. The number of carbonyl (C=O) groups is 1. The number of nitrogens with zero attached hydrogens (tertiary/aromatic N) is 1. The first-order valence-corrected chi connectivity index (χ1v) is 8.00. The van der Waals surface area contributed by atoms with Crippen LogP contribution in [-0.2, 0) is 4.79 Å². The number of ether oxygens (including phenoxy) is 1. The predicted molar refractivity (Wildman–Crippen MR) is 96.3 cm³/mol. The minimum atomic E-state index is -1.28. The van der Waals surface area contributed by atoms with E-state index in [1.165, 1.54) is 11.6 Å². The molecule has 1 heterocycles. The number of hydrogen-bond acceptors (Lipinski definition) is 4. The van der Waals surface area contributed by atoms with E-state index in [4.69, 9.17) is 4.74 Å². The molecule has 6 heteroatoms. The van der Waals surface area contributed by atoms with Gasteiger partial charge in [-0.2, -0.15) is 0 Å². The fourth-order valence-corrected chi connectivity index (χ4v) is 2.46. The van der Waals surface area contributed by atoms with Gasteiger partial charge in [0.2, 0.25) is 0 Å². The molecule has 0 amide bonds. The van der Waals surface area contributed by atoms with Crippen LogP contribution in [0.1, 0.15) is 12.5 Å². The lowest BCUT2D eigenvalue weighted by atomic mass is 10.2. The van der Waals surface area contributed by atoms with Gasteiger partial charge in [0.05, 0.1) is 22.2 Å². The molecule has 0 unspecified atom stereocenters. The Bertz CT molecular complexity index is 1080. The van der Waals surface area contributed by atoms with Gasteiger partial charge in [-0.25, -0.2) is 4.68 Å². The molecule has 3 rings (SSSR count). The molecule has 6 nitrogen and oxygen atoms in total. The number of carbonyl (C=O) groups excluding carboxylic acids is 1. The SMILES string of the molecule is C=c1[nH]n(-c2ccccc2)c(=O)/c1=C/c1ccc(O[C@H](C)C(=O)[O-])cc1. The Morgan fingerprint density at radius 2 is 1.85 bits per heavy atom. The second kappa shape index (κ2) is 7.14. The van der Waals surface area contributed by atoms with Crippen LogP contribution in [0, 0.1) is 0 Å². The highest BCUT2D eigenvalue weighted by Crippen LogP contribution is 2.14. The monoisotopic (exact) mass is 349 g/mol. The van der Waals surface area contributed by atoms with Gasteiger partial charge in [0, 0.05) is 0 Å². The second-order valence-electron chi connectivity index (χ2n) is 5.77. The highest BCUT2D eigenvalue weighted by Gasteiger charge is 2.06. The third-order valence-corrected chi connectivity index (χ3v) is 3.86. The summed E-state index contributed by atoms with van der Waals surface area (Å²) in [5, 5.41) is 14.6. The number of para-hydroxylation sites is 1. The van der Waals surface area contributed by atoms with Gasteiger partial charge in [-0.3, -0.25) is 9.89 Å². The van der Waals surface area contributed by atoms with Crippen LogP contribution in [0.25, 0.3) is 18.3 Å². The van der Waals surface area contributed by atoms with Crippen LogP contribution in [0.2, 0.25) is 0 Å². The standard InChI is InChI=1S/C20H18N2O4/c1-13-18(19(23)22(21-13)16-6-4-3-5-7-16)12-15-8-10-17(11-9-15)26-14(2)20(24)25/h3-12,14,21H,1H2,2H3,(H,24,25)/p-1/b18-12+/t14-/m1/s1. The summed E-state index contributed by atoms with van der Waals surface area (Å²) in [6, 6.07) is 16.0. The van der Waals surface area contributed by atoms with E-state index in [0.717, 1.165) is 11.3 Å². The normalized spacial score (nSPS) is 12.7. The van der Waals surface area contributed by atoms with E-state index in [9.17, 15) is 14.7 Å². The zero-order valence-electron chi connectivity index (χ0n) is 14.1. The summed E-state index contributed by atoms with van der Waals surface area (Å²) >= 11 is 0. The van der Waals surface area contributed by atoms with Gasteiger partial charge in [-0.1, -0.05) is 36.9 Å². The smallest absolute Gasteiger partial charge is 0.279 e. The molecule has 0 spiro atoms. The van der Waals surface area contributed by atoms with E-state index in [2.05, 4.69) is 11.7 Å². The van der Waals surface area contributed by atoms with E-state index >= 15 is 0 Å². The molecular weight excluding hydrogens is 332 g/mol. The lowest BCUT2D eigenvalue weighted by Crippen LogP contribution is -2.37. The van der Waals surface area contributed by atoms with Crippen molar-refractivity contribution in [3.05, 3.63) is 81.1 Å². The third-order valence-electron chi connectivity index (χ3n) is 3.86. The van der Waals surface area contributed by atoms with Crippen molar-refractivity contribution in [3.63, 3.8) is 0 Å². The Morgan fingerprint density at radius 3 is 2.46 bits per heavy atom. The predicted octanol–water partition coefficient (Wildman–Crippen LogP) is -0.0781. The van der Waals surface area contributed by atoms with Crippen molar-refractivity contribution in [2.45, 2.75) is 13.0 Å². The Hall–Kier alpha value is -3.54. The van der Waals surface area contributed by atoms with Crippen molar-refractivity contribution in [2.75, 3.05) is 0 Å². The van der Waals surface area contributed by atoms with Crippen molar-refractivity contribution in [2.24, 2.45) is 0 Å². The number of benzene rings is 2. The van der Waals surface area contributed by atoms with Crippen molar-refractivity contribution >= 4 is 18.6 Å². The molecule has 0 bridgehead atoms. The molecule has 3 aromatic rings. The molecule has 1 N–H and O–H groups in total. The van der Waals surface area contributed by atoms with Crippen LogP contribution in [0.3, 0.4) is 0 Å². The molecule has 26 heavy (non-hydrogen) atoms. The lowest BCUT2D eigenvalue weighted by molar-refractivity contribution is -0.312. The summed E-state index contributed by atoms with van der Waals surface area (Å²) in [6.45, 7) is 5.29. The van der Waals surface area contributed by atoms with Crippen molar-refractivity contribution in [1.82, 2.24) is 9.78 Å². The van der Waals surface area contributed by atoms with Crippen molar-refractivity contribution in [1.29, 1.82) is 0 Å². The summed E-state index contributed by atoms with van der Waals surface area (Å²) in [7, 11) is 0. The maximum absolute atomic E-state index is 12.6. The van der Waals surface area contributed by atoms with Gasteiger partial charge in [-0.15, -0.1) is 0 Å². The average molecular weight is 349 g/mol. The van der Waals surface area contributed by atoms with Gasteiger partial charge in [0.15, 0.2) is 0 Å². The average Bonchev–Trinajstić information content (AvgIpc) is 2.92. The second-order valence-corrected chi connectivity index (χ2v) is 5.77. The van der Waals surface area contributed by atoms with E-state index in [-0.39, 0.29) is 5.56 Å². The molecule has 1 atom stereocenters. The van der Waals surface area contributed by atoms with Gasteiger partial charge in [-0.05, 0) is 42.8 Å². The van der Waals surface area contributed by atoms with Gasteiger partial charge >= 0.3 is 0 Å².